The number of anilines is 1. The van der Waals surface area contributed by atoms with Gasteiger partial charge in [-0.25, -0.2) is 22.5 Å². The van der Waals surface area contributed by atoms with E-state index in [0.717, 1.165) is 23.5 Å². The standard InChI is InChI=1S/C31H38FN5O5S/c1-6-10-28-34-26(7-2)29(30(38)33-5)37(28)18-22-13-14-24(23(17-22)19-41-16-15-32)25-11-8-9-12-27(25)43(39,40)36-31-20(3)21(4)35-42-31/h8-9,11-14,17,36H,6-7,10,15-16,18-19H2,1-5H3,(H,33,38). The fourth-order valence-corrected chi connectivity index (χ4v) is 6.18. The Labute approximate surface area is 251 Å². The number of benzene rings is 2. The second-order valence-electron chi connectivity index (χ2n) is 10.1. The maximum Gasteiger partial charge on any atom is 0.269 e. The molecule has 0 radical (unpaired) electrons. The first kappa shape index (κ1) is 31.9. The van der Waals surface area contributed by atoms with Crippen molar-refractivity contribution < 1.29 is 26.9 Å². The third kappa shape index (κ3) is 6.97. The van der Waals surface area contributed by atoms with E-state index in [0.29, 0.717) is 53.0 Å². The number of imidazole rings is 1. The van der Waals surface area contributed by atoms with E-state index in [1.807, 2.05) is 29.7 Å². The van der Waals surface area contributed by atoms with E-state index in [1.165, 1.54) is 6.07 Å². The molecule has 4 rings (SSSR count). The summed E-state index contributed by atoms with van der Waals surface area (Å²) in [4.78, 5) is 17.7. The highest BCUT2D eigenvalue weighted by Gasteiger charge is 2.25. The second kappa shape index (κ2) is 14.0. The van der Waals surface area contributed by atoms with Crippen LogP contribution in [0.3, 0.4) is 0 Å². The molecule has 2 aromatic carbocycles. The van der Waals surface area contributed by atoms with E-state index in [2.05, 4.69) is 22.1 Å². The van der Waals surface area contributed by atoms with Gasteiger partial charge in [0.15, 0.2) is 0 Å². The molecule has 43 heavy (non-hydrogen) atoms. The molecule has 0 aliphatic rings. The number of carbonyl (C=O) groups is 1. The molecule has 4 aromatic rings. The summed E-state index contributed by atoms with van der Waals surface area (Å²) in [7, 11) is -2.48. The molecule has 2 heterocycles. The van der Waals surface area contributed by atoms with Gasteiger partial charge in [0.25, 0.3) is 15.9 Å². The number of hydrogen-bond donors (Lipinski definition) is 2. The van der Waals surface area contributed by atoms with Gasteiger partial charge in [-0.2, -0.15) is 0 Å². The number of aromatic nitrogens is 3. The van der Waals surface area contributed by atoms with Gasteiger partial charge in [-0.1, -0.05) is 55.4 Å². The molecule has 0 aliphatic heterocycles. The first-order chi connectivity index (χ1) is 20.6. The van der Waals surface area contributed by atoms with Crippen LogP contribution in [0.1, 0.15) is 64.7 Å². The molecule has 0 aliphatic carbocycles. The summed E-state index contributed by atoms with van der Waals surface area (Å²) in [5.74, 6) is 0.659. The van der Waals surface area contributed by atoms with Crippen molar-refractivity contribution in [3.63, 3.8) is 0 Å². The summed E-state index contributed by atoms with van der Waals surface area (Å²) in [6.07, 6.45) is 2.18. The molecule has 0 bridgehead atoms. The average Bonchev–Trinajstić information content (AvgIpc) is 3.51. The zero-order valence-corrected chi connectivity index (χ0v) is 26.0. The van der Waals surface area contributed by atoms with Gasteiger partial charge < -0.3 is 19.1 Å². The van der Waals surface area contributed by atoms with Crippen LogP contribution >= 0.6 is 0 Å². The number of ether oxygens (including phenoxy) is 1. The Bertz CT molecular complexity index is 1700. The first-order valence-corrected chi connectivity index (χ1v) is 15.7. The Balaban J connectivity index is 1.79. The van der Waals surface area contributed by atoms with Crippen LogP contribution in [0.5, 0.6) is 0 Å². The topological polar surface area (TPSA) is 128 Å². The van der Waals surface area contributed by atoms with E-state index in [-0.39, 0.29) is 29.9 Å². The molecule has 2 aromatic heterocycles. The van der Waals surface area contributed by atoms with Crippen LogP contribution in [0.15, 0.2) is 51.9 Å². The van der Waals surface area contributed by atoms with E-state index in [1.54, 1.807) is 39.1 Å². The lowest BCUT2D eigenvalue weighted by Gasteiger charge is -2.17. The summed E-state index contributed by atoms with van der Waals surface area (Å²) in [6.45, 7) is 7.16. The number of aryl methyl sites for hydroxylation is 3. The van der Waals surface area contributed by atoms with Crippen molar-refractivity contribution in [2.24, 2.45) is 0 Å². The molecule has 0 fully saturated rings. The number of alkyl halides is 1. The van der Waals surface area contributed by atoms with E-state index in [4.69, 9.17) is 14.2 Å². The van der Waals surface area contributed by atoms with Gasteiger partial charge in [-0.05, 0) is 49.4 Å². The lowest BCUT2D eigenvalue weighted by Crippen LogP contribution is -2.24. The SMILES string of the molecule is CCCc1nc(CC)c(C(=O)NC)n1Cc1ccc(-c2ccccc2S(=O)(=O)Nc2onc(C)c2C)c(COCCF)c1. The normalized spacial score (nSPS) is 11.6. The van der Waals surface area contributed by atoms with Gasteiger partial charge in [0.1, 0.15) is 18.2 Å². The van der Waals surface area contributed by atoms with E-state index >= 15 is 0 Å². The Hall–Kier alpha value is -4.03. The number of nitrogens with one attached hydrogen (secondary N) is 2. The third-order valence-corrected chi connectivity index (χ3v) is 8.60. The van der Waals surface area contributed by atoms with Crippen molar-refractivity contribution in [3.05, 3.63) is 82.1 Å². The third-order valence-electron chi connectivity index (χ3n) is 7.21. The minimum Gasteiger partial charge on any atom is -0.374 e. The number of sulfonamides is 1. The van der Waals surface area contributed by atoms with Gasteiger partial charge in [0.2, 0.25) is 5.88 Å². The first-order valence-electron chi connectivity index (χ1n) is 14.3. The molecule has 0 spiro atoms. The number of halogens is 1. The number of rotatable bonds is 14. The molecule has 0 atom stereocenters. The van der Waals surface area contributed by atoms with Crippen LogP contribution in [-0.2, 0) is 40.8 Å². The zero-order chi connectivity index (χ0) is 31.1. The lowest BCUT2D eigenvalue weighted by atomic mass is 9.97. The minimum atomic E-state index is -4.07. The number of nitrogens with zero attached hydrogens (tertiary/aromatic N) is 3. The van der Waals surface area contributed by atoms with Gasteiger partial charge >= 0.3 is 0 Å². The Morgan fingerprint density at radius 1 is 1.12 bits per heavy atom. The summed E-state index contributed by atoms with van der Waals surface area (Å²) in [5, 5.41) is 6.57. The van der Waals surface area contributed by atoms with Crippen LogP contribution in [-0.4, -0.2) is 49.4 Å². The highest BCUT2D eigenvalue weighted by Crippen LogP contribution is 2.33. The molecule has 1 amide bonds. The average molecular weight is 612 g/mol. The van der Waals surface area contributed by atoms with Crippen LogP contribution in [0.2, 0.25) is 0 Å². The molecule has 0 saturated heterocycles. The van der Waals surface area contributed by atoms with Crippen molar-refractivity contribution in [2.45, 2.75) is 65.0 Å². The molecule has 230 valence electrons. The lowest BCUT2D eigenvalue weighted by molar-refractivity contribution is 0.0953. The molecule has 10 nitrogen and oxygen atoms in total. The summed E-state index contributed by atoms with van der Waals surface area (Å²) < 4.78 is 55.4. The van der Waals surface area contributed by atoms with Crippen molar-refractivity contribution >= 4 is 21.8 Å². The highest BCUT2D eigenvalue weighted by atomic mass is 32.2. The fraction of sp³-hybridized carbons (Fsp3) is 0.387. The quantitative estimate of drug-likeness (QED) is 0.184. The van der Waals surface area contributed by atoms with Crippen molar-refractivity contribution in [2.75, 3.05) is 25.1 Å². The number of hydrogen-bond acceptors (Lipinski definition) is 7. The smallest absolute Gasteiger partial charge is 0.269 e. The van der Waals surface area contributed by atoms with E-state index < -0.39 is 16.7 Å². The van der Waals surface area contributed by atoms with Crippen LogP contribution in [0, 0.1) is 13.8 Å². The molecule has 12 heteroatoms. The number of amides is 1. The molecule has 0 saturated carbocycles. The second-order valence-corrected chi connectivity index (χ2v) is 11.8. The van der Waals surface area contributed by atoms with Crippen LogP contribution < -0.4 is 10.0 Å². The molecule has 2 N–H and O–H groups in total. The summed E-state index contributed by atoms with van der Waals surface area (Å²) in [6, 6.07) is 12.3. The van der Waals surface area contributed by atoms with Gasteiger partial charge in [-0.3, -0.25) is 4.79 Å². The Kier molecular flexibility index (Phi) is 10.4. The summed E-state index contributed by atoms with van der Waals surface area (Å²) >= 11 is 0. The van der Waals surface area contributed by atoms with Gasteiger partial charge in [0, 0.05) is 31.1 Å². The fourth-order valence-electron chi connectivity index (χ4n) is 4.92. The molecule has 0 unspecified atom stereocenters. The van der Waals surface area contributed by atoms with Crippen molar-refractivity contribution in [1.82, 2.24) is 20.0 Å². The molecular formula is C31H38FN5O5S. The number of carbonyl (C=O) groups excluding carboxylic acids is 1. The zero-order valence-electron chi connectivity index (χ0n) is 25.2. The highest BCUT2D eigenvalue weighted by molar-refractivity contribution is 7.92. The van der Waals surface area contributed by atoms with E-state index in [9.17, 15) is 17.6 Å². The van der Waals surface area contributed by atoms with Gasteiger partial charge in [0.05, 0.1) is 29.5 Å². The van der Waals surface area contributed by atoms with Crippen molar-refractivity contribution in [3.8, 4) is 11.1 Å². The maximum absolute atomic E-state index is 13.6. The van der Waals surface area contributed by atoms with Crippen LogP contribution in [0.4, 0.5) is 10.3 Å². The maximum atomic E-state index is 13.6. The minimum absolute atomic E-state index is 0.0391. The largest absolute Gasteiger partial charge is 0.374 e. The van der Waals surface area contributed by atoms with Gasteiger partial charge in [-0.15, -0.1) is 0 Å². The van der Waals surface area contributed by atoms with Crippen molar-refractivity contribution in [1.29, 1.82) is 0 Å². The monoisotopic (exact) mass is 611 g/mol. The Morgan fingerprint density at radius 3 is 2.53 bits per heavy atom. The predicted molar refractivity (Wildman–Crippen MR) is 162 cm³/mol. The predicted octanol–water partition coefficient (Wildman–Crippen LogP) is 5.36. The summed E-state index contributed by atoms with van der Waals surface area (Å²) in [5.41, 5.74) is 5.03. The molecular weight excluding hydrogens is 573 g/mol. The Morgan fingerprint density at radius 2 is 1.88 bits per heavy atom. The van der Waals surface area contributed by atoms with Crippen LogP contribution in [0.25, 0.3) is 11.1 Å².